The lowest BCUT2D eigenvalue weighted by Gasteiger charge is -2.13. The van der Waals surface area contributed by atoms with Crippen molar-refractivity contribution in [3.63, 3.8) is 0 Å². The molecule has 7 heteroatoms. The Kier molecular flexibility index (Phi) is 4.65. The second-order valence-corrected chi connectivity index (χ2v) is 4.81. The van der Waals surface area contributed by atoms with Crippen LogP contribution >= 0.6 is 34.2 Å². The lowest BCUT2D eigenvalue weighted by atomic mass is 10.1. The Morgan fingerprint density at radius 3 is 2.53 bits per heavy atom. The molecular weight excluding hydrogens is 371 g/mol. The van der Waals surface area contributed by atoms with Crippen molar-refractivity contribution in [1.82, 2.24) is 0 Å². The number of ether oxygens (including phenoxy) is 1. The molecule has 1 unspecified atom stereocenters. The highest BCUT2D eigenvalue weighted by molar-refractivity contribution is 14.1. The van der Waals surface area contributed by atoms with Crippen LogP contribution in [-0.4, -0.2) is 12.1 Å². The molecule has 1 atom stereocenters. The van der Waals surface area contributed by atoms with Gasteiger partial charge in [-0.1, -0.05) is 6.07 Å². The second-order valence-electron chi connectivity index (χ2n) is 3.21. The van der Waals surface area contributed by atoms with Crippen molar-refractivity contribution in [3.8, 4) is 5.75 Å². The van der Waals surface area contributed by atoms with E-state index in [4.69, 9.17) is 11.6 Å². The van der Waals surface area contributed by atoms with Crippen LogP contribution in [0, 0.1) is 3.57 Å². The zero-order valence-corrected chi connectivity index (χ0v) is 11.4. The van der Waals surface area contributed by atoms with E-state index in [9.17, 15) is 18.0 Å². The zero-order valence-electron chi connectivity index (χ0n) is 8.52. The van der Waals surface area contributed by atoms with Crippen molar-refractivity contribution in [2.45, 2.75) is 18.7 Å². The van der Waals surface area contributed by atoms with Crippen LogP contribution in [0.1, 0.15) is 17.9 Å². The molecule has 94 valence electrons. The molecule has 0 aliphatic heterocycles. The molecule has 0 saturated heterocycles. The molecule has 0 saturated carbocycles. The molecule has 0 radical (unpaired) electrons. The summed E-state index contributed by atoms with van der Waals surface area (Å²) in [5.41, 5.74) is 0.277. The highest BCUT2D eigenvalue weighted by atomic mass is 127. The number of hydrogen-bond donors (Lipinski definition) is 0. The van der Waals surface area contributed by atoms with Crippen LogP contribution in [0.25, 0.3) is 0 Å². The van der Waals surface area contributed by atoms with Crippen molar-refractivity contribution in [2.24, 2.45) is 0 Å². The molecule has 0 N–H and O–H groups in total. The molecule has 0 fully saturated rings. The first-order chi connectivity index (χ1) is 7.70. The van der Waals surface area contributed by atoms with E-state index in [0.29, 0.717) is 0 Å². The first-order valence-corrected chi connectivity index (χ1v) is 5.92. The van der Waals surface area contributed by atoms with Gasteiger partial charge in [-0.25, -0.2) is 0 Å². The Hall–Kier alpha value is -0.500. The number of halogens is 5. The first-order valence-electron chi connectivity index (χ1n) is 4.40. The van der Waals surface area contributed by atoms with Crippen LogP contribution in [0.5, 0.6) is 5.75 Å². The lowest BCUT2D eigenvalue weighted by Crippen LogP contribution is -2.18. The molecular formula is C10H7ClF3IO2. The molecule has 0 aliphatic rings. The number of carbonyl (C=O) groups excluding carboxylic acids is 1. The van der Waals surface area contributed by atoms with E-state index >= 15 is 0 Å². The third kappa shape index (κ3) is 4.34. The maximum Gasteiger partial charge on any atom is 0.573 e. The summed E-state index contributed by atoms with van der Waals surface area (Å²) in [6.07, 6.45) is -4.77. The van der Waals surface area contributed by atoms with E-state index in [1.54, 1.807) is 22.6 Å². The van der Waals surface area contributed by atoms with Gasteiger partial charge in [0.2, 0.25) is 0 Å². The zero-order chi connectivity index (χ0) is 13.2. The molecule has 0 aliphatic carbocycles. The average molecular weight is 379 g/mol. The maximum atomic E-state index is 12.1. The van der Waals surface area contributed by atoms with Crippen LogP contribution in [-0.2, 0) is 4.79 Å². The van der Waals surface area contributed by atoms with Crippen molar-refractivity contribution in [1.29, 1.82) is 0 Å². The minimum Gasteiger partial charge on any atom is -0.405 e. The van der Waals surface area contributed by atoms with Crippen LogP contribution < -0.4 is 4.74 Å². The Balaban J connectivity index is 3.06. The summed E-state index contributed by atoms with van der Waals surface area (Å²) < 4.78 is 40.4. The average Bonchev–Trinajstić information content (AvgIpc) is 2.18. The van der Waals surface area contributed by atoms with Gasteiger partial charge in [0, 0.05) is 0 Å². The number of carbonyl (C=O) groups is 1. The number of rotatable bonds is 3. The van der Waals surface area contributed by atoms with E-state index in [1.165, 1.54) is 19.1 Å². The number of hydrogen-bond acceptors (Lipinski definition) is 2. The smallest absolute Gasteiger partial charge is 0.405 e. The molecule has 0 heterocycles. The van der Waals surface area contributed by atoms with Gasteiger partial charge in [-0.2, -0.15) is 0 Å². The fourth-order valence-corrected chi connectivity index (χ4v) is 1.70. The van der Waals surface area contributed by atoms with Gasteiger partial charge in [0.15, 0.2) is 5.78 Å². The van der Waals surface area contributed by atoms with Crippen molar-refractivity contribution in [2.75, 3.05) is 0 Å². The fraction of sp³-hybridized carbons (Fsp3) is 0.300. The Bertz CT molecular complexity index is 434. The highest BCUT2D eigenvalue weighted by Crippen LogP contribution is 2.32. The summed E-state index contributed by atoms with van der Waals surface area (Å²) in [5, 5.41) is -0.970. The normalized spacial score (nSPS) is 13.3. The topological polar surface area (TPSA) is 26.3 Å². The summed E-state index contributed by atoms with van der Waals surface area (Å²) in [7, 11) is 0. The van der Waals surface area contributed by atoms with Gasteiger partial charge in [-0.05, 0) is 47.2 Å². The summed E-state index contributed by atoms with van der Waals surface area (Å²) in [6.45, 7) is 1.26. The molecule has 1 rings (SSSR count). The monoisotopic (exact) mass is 378 g/mol. The molecule has 0 aromatic heterocycles. The first kappa shape index (κ1) is 14.6. The van der Waals surface area contributed by atoms with E-state index in [-0.39, 0.29) is 20.7 Å². The van der Waals surface area contributed by atoms with Crippen LogP contribution in [0.3, 0.4) is 0 Å². The predicted molar refractivity (Wildman–Crippen MR) is 65.1 cm³/mol. The summed E-state index contributed by atoms with van der Waals surface area (Å²) in [4.78, 5) is 11.0. The van der Waals surface area contributed by atoms with E-state index in [2.05, 4.69) is 4.74 Å². The minimum absolute atomic E-state index is 0.277. The largest absolute Gasteiger partial charge is 0.573 e. The Morgan fingerprint density at radius 2 is 2.06 bits per heavy atom. The van der Waals surface area contributed by atoms with E-state index in [0.717, 1.165) is 6.07 Å². The minimum atomic E-state index is -4.77. The number of Topliss-reactive ketones (excluding diaryl/α,β-unsaturated/α-hetero) is 1. The fourth-order valence-electron chi connectivity index (χ4n) is 1.12. The maximum absolute atomic E-state index is 12.1. The summed E-state index contributed by atoms with van der Waals surface area (Å²) >= 11 is 7.45. The van der Waals surface area contributed by atoms with Crippen LogP contribution in [0.15, 0.2) is 18.2 Å². The summed E-state index contributed by atoms with van der Waals surface area (Å²) in [6, 6.07) is 4.02. The number of alkyl halides is 4. The van der Waals surface area contributed by atoms with Gasteiger partial charge in [0.1, 0.15) is 11.1 Å². The molecule has 0 spiro atoms. The van der Waals surface area contributed by atoms with Gasteiger partial charge < -0.3 is 4.74 Å². The molecule has 2 nitrogen and oxygen atoms in total. The van der Waals surface area contributed by atoms with Crippen molar-refractivity contribution < 1.29 is 22.7 Å². The van der Waals surface area contributed by atoms with E-state index in [1.807, 2.05) is 0 Å². The number of ketones is 1. The van der Waals surface area contributed by atoms with Gasteiger partial charge in [-0.3, -0.25) is 4.79 Å². The van der Waals surface area contributed by atoms with Crippen LogP contribution in [0.4, 0.5) is 13.2 Å². The molecule has 17 heavy (non-hydrogen) atoms. The molecule has 0 amide bonds. The van der Waals surface area contributed by atoms with Crippen molar-refractivity contribution >= 4 is 40.0 Å². The van der Waals surface area contributed by atoms with Gasteiger partial charge >= 0.3 is 6.36 Å². The SMILES string of the molecule is CC(=O)C(Cl)c1ccc(I)c(OC(F)(F)F)c1. The third-order valence-corrected chi connectivity index (χ3v) is 3.28. The second kappa shape index (κ2) is 5.43. The standard InChI is InChI=1S/C10H7ClF3IO2/c1-5(16)9(11)6-2-3-7(15)8(4-6)17-10(12,13)14/h2-4,9H,1H3. The van der Waals surface area contributed by atoms with Gasteiger partial charge in [-0.15, -0.1) is 24.8 Å². The van der Waals surface area contributed by atoms with Crippen LogP contribution in [0.2, 0.25) is 0 Å². The van der Waals surface area contributed by atoms with E-state index < -0.39 is 11.7 Å². The third-order valence-electron chi connectivity index (χ3n) is 1.83. The quantitative estimate of drug-likeness (QED) is 0.586. The van der Waals surface area contributed by atoms with Gasteiger partial charge in [0.25, 0.3) is 0 Å². The summed E-state index contributed by atoms with van der Waals surface area (Å²) in [5.74, 6) is -0.701. The Labute approximate surface area is 114 Å². The predicted octanol–water partition coefficient (Wildman–Crippen LogP) is 4.06. The molecule has 0 bridgehead atoms. The number of benzene rings is 1. The molecule has 1 aromatic carbocycles. The highest BCUT2D eigenvalue weighted by Gasteiger charge is 2.32. The van der Waals surface area contributed by atoms with Gasteiger partial charge in [0.05, 0.1) is 3.57 Å². The van der Waals surface area contributed by atoms with Crippen molar-refractivity contribution in [3.05, 3.63) is 27.3 Å². The molecule has 1 aromatic rings. The Morgan fingerprint density at radius 1 is 1.47 bits per heavy atom. The lowest BCUT2D eigenvalue weighted by molar-refractivity contribution is -0.275.